The van der Waals surface area contributed by atoms with Crippen LogP contribution < -0.4 is 0 Å². The molecule has 0 bridgehead atoms. The smallest absolute Gasteiger partial charge is 0.154 e. The standard InChI is InChI=1S/C16H17F2NO2/c17-11-4-6-13(15(18)9-11)14(10-19)16(20)7-5-12-3-1-2-8-21-12/h4,6,9,12,14H,1-3,5,7-8H2. The van der Waals surface area contributed by atoms with Gasteiger partial charge >= 0.3 is 0 Å². The predicted molar refractivity (Wildman–Crippen MR) is 72.5 cm³/mol. The molecule has 0 spiro atoms. The molecule has 1 aromatic rings. The third-order valence-corrected chi connectivity index (χ3v) is 3.71. The zero-order valence-electron chi connectivity index (χ0n) is 11.6. The molecule has 0 amide bonds. The van der Waals surface area contributed by atoms with Crippen molar-refractivity contribution in [3.8, 4) is 6.07 Å². The zero-order chi connectivity index (χ0) is 15.2. The lowest BCUT2D eigenvalue weighted by molar-refractivity contribution is -0.120. The number of ether oxygens (including phenoxy) is 1. The normalized spacial score (nSPS) is 19.8. The summed E-state index contributed by atoms with van der Waals surface area (Å²) >= 11 is 0. The number of nitrogens with zero attached hydrogens (tertiary/aromatic N) is 1. The summed E-state index contributed by atoms with van der Waals surface area (Å²) < 4.78 is 32.1. The Hall–Kier alpha value is -1.80. The molecule has 0 radical (unpaired) electrons. The van der Waals surface area contributed by atoms with E-state index in [1.165, 1.54) is 0 Å². The number of ketones is 1. The molecule has 1 fully saturated rings. The van der Waals surface area contributed by atoms with Crippen LogP contribution in [-0.2, 0) is 9.53 Å². The highest BCUT2D eigenvalue weighted by Gasteiger charge is 2.25. The lowest BCUT2D eigenvalue weighted by Crippen LogP contribution is -2.21. The first-order chi connectivity index (χ1) is 10.1. The number of rotatable bonds is 5. The van der Waals surface area contributed by atoms with Crippen molar-refractivity contribution < 1.29 is 18.3 Å². The highest BCUT2D eigenvalue weighted by Crippen LogP contribution is 2.24. The summed E-state index contributed by atoms with van der Waals surface area (Å²) in [6, 6.07) is 4.72. The van der Waals surface area contributed by atoms with Gasteiger partial charge in [-0.25, -0.2) is 8.78 Å². The average Bonchev–Trinajstić information content (AvgIpc) is 2.49. The Kier molecular flexibility index (Phi) is 5.40. The van der Waals surface area contributed by atoms with Gasteiger partial charge in [-0.05, 0) is 31.7 Å². The monoisotopic (exact) mass is 293 g/mol. The Morgan fingerprint density at radius 2 is 2.24 bits per heavy atom. The Morgan fingerprint density at radius 1 is 1.43 bits per heavy atom. The van der Waals surface area contributed by atoms with Crippen LogP contribution in [0.4, 0.5) is 8.78 Å². The summed E-state index contributed by atoms with van der Waals surface area (Å²) in [7, 11) is 0. The maximum Gasteiger partial charge on any atom is 0.154 e. The van der Waals surface area contributed by atoms with Crippen molar-refractivity contribution in [2.24, 2.45) is 0 Å². The van der Waals surface area contributed by atoms with Crippen molar-refractivity contribution in [3.63, 3.8) is 0 Å². The molecule has 0 N–H and O–H groups in total. The average molecular weight is 293 g/mol. The van der Waals surface area contributed by atoms with Gasteiger partial charge < -0.3 is 4.74 Å². The second-order valence-corrected chi connectivity index (χ2v) is 5.22. The number of nitriles is 1. The van der Waals surface area contributed by atoms with Crippen LogP contribution in [0.2, 0.25) is 0 Å². The highest BCUT2D eigenvalue weighted by atomic mass is 19.1. The van der Waals surface area contributed by atoms with Crippen LogP contribution in [0.15, 0.2) is 18.2 Å². The molecule has 0 aromatic heterocycles. The number of Topliss-reactive ketones (excluding diaryl/α,β-unsaturated/α-hetero) is 1. The van der Waals surface area contributed by atoms with Crippen molar-refractivity contribution in [1.29, 1.82) is 5.26 Å². The predicted octanol–water partition coefficient (Wildman–Crippen LogP) is 3.49. The van der Waals surface area contributed by atoms with Gasteiger partial charge in [0.25, 0.3) is 0 Å². The second-order valence-electron chi connectivity index (χ2n) is 5.22. The summed E-state index contributed by atoms with van der Waals surface area (Å²) in [6.07, 6.45) is 3.77. The Bertz CT molecular complexity index is 548. The van der Waals surface area contributed by atoms with Crippen molar-refractivity contribution in [2.75, 3.05) is 6.61 Å². The fraction of sp³-hybridized carbons (Fsp3) is 0.500. The van der Waals surface area contributed by atoms with Gasteiger partial charge in [-0.1, -0.05) is 6.07 Å². The molecule has 1 heterocycles. The highest BCUT2D eigenvalue weighted by molar-refractivity contribution is 5.88. The Labute approximate surface area is 122 Å². The van der Waals surface area contributed by atoms with E-state index in [-0.39, 0.29) is 23.9 Å². The number of benzene rings is 1. The van der Waals surface area contributed by atoms with E-state index in [0.29, 0.717) is 19.1 Å². The zero-order valence-corrected chi connectivity index (χ0v) is 11.6. The largest absolute Gasteiger partial charge is 0.378 e. The summed E-state index contributed by atoms with van der Waals surface area (Å²) in [5.41, 5.74) is -0.0616. The minimum atomic E-state index is -1.19. The lowest BCUT2D eigenvalue weighted by atomic mass is 9.91. The van der Waals surface area contributed by atoms with Gasteiger partial charge in [-0.2, -0.15) is 5.26 Å². The van der Waals surface area contributed by atoms with Gasteiger partial charge in [-0.15, -0.1) is 0 Å². The minimum absolute atomic E-state index is 0.0418. The first-order valence-electron chi connectivity index (χ1n) is 7.10. The Morgan fingerprint density at radius 3 is 2.86 bits per heavy atom. The third-order valence-electron chi connectivity index (χ3n) is 3.71. The number of halogens is 2. The van der Waals surface area contributed by atoms with Crippen LogP contribution in [-0.4, -0.2) is 18.5 Å². The quantitative estimate of drug-likeness (QED) is 0.835. The van der Waals surface area contributed by atoms with Gasteiger partial charge in [0.15, 0.2) is 5.78 Å². The van der Waals surface area contributed by atoms with Crippen LogP contribution in [0.3, 0.4) is 0 Å². The maximum atomic E-state index is 13.7. The SMILES string of the molecule is N#CC(C(=O)CCC1CCCCO1)c1ccc(F)cc1F. The molecule has 112 valence electrons. The molecule has 0 aliphatic carbocycles. The summed E-state index contributed by atoms with van der Waals surface area (Å²) in [5, 5.41) is 9.12. The fourth-order valence-electron chi connectivity index (χ4n) is 2.53. The minimum Gasteiger partial charge on any atom is -0.378 e. The lowest BCUT2D eigenvalue weighted by Gasteiger charge is -2.22. The van der Waals surface area contributed by atoms with E-state index >= 15 is 0 Å². The number of hydrogen-bond donors (Lipinski definition) is 0. The molecule has 1 saturated heterocycles. The maximum absolute atomic E-state index is 13.7. The van der Waals surface area contributed by atoms with Crippen LogP contribution in [0.25, 0.3) is 0 Å². The van der Waals surface area contributed by atoms with Gasteiger partial charge in [0.2, 0.25) is 0 Å². The molecule has 2 unspecified atom stereocenters. The molecule has 1 aromatic carbocycles. The topological polar surface area (TPSA) is 50.1 Å². The molecule has 21 heavy (non-hydrogen) atoms. The van der Waals surface area contributed by atoms with E-state index in [4.69, 9.17) is 10.00 Å². The molecule has 3 nitrogen and oxygen atoms in total. The van der Waals surface area contributed by atoms with Gasteiger partial charge in [-0.3, -0.25) is 4.79 Å². The summed E-state index contributed by atoms with van der Waals surface area (Å²) in [5.74, 6) is -3.12. The molecule has 2 atom stereocenters. The number of carbonyl (C=O) groups is 1. The van der Waals surface area contributed by atoms with Crippen molar-refractivity contribution >= 4 is 5.78 Å². The van der Waals surface area contributed by atoms with Crippen LogP contribution in [0.5, 0.6) is 0 Å². The first kappa shape index (κ1) is 15.6. The summed E-state index contributed by atoms with van der Waals surface area (Å²) in [4.78, 5) is 12.1. The van der Waals surface area contributed by atoms with Crippen molar-refractivity contribution in [3.05, 3.63) is 35.4 Å². The molecule has 1 aliphatic heterocycles. The molecular formula is C16H17F2NO2. The molecular weight excluding hydrogens is 276 g/mol. The van der Waals surface area contributed by atoms with E-state index < -0.39 is 17.6 Å². The van der Waals surface area contributed by atoms with Crippen LogP contribution in [0.1, 0.15) is 43.6 Å². The molecule has 0 saturated carbocycles. The van der Waals surface area contributed by atoms with E-state index in [9.17, 15) is 13.6 Å². The van der Waals surface area contributed by atoms with Gasteiger partial charge in [0.1, 0.15) is 17.6 Å². The fourth-order valence-corrected chi connectivity index (χ4v) is 2.53. The molecule has 5 heteroatoms. The third kappa shape index (κ3) is 4.08. The van der Waals surface area contributed by atoms with E-state index in [0.717, 1.165) is 31.4 Å². The summed E-state index contributed by atoms with van der Waals surface area (Å²) in [6.45, 7) is 0.702. The first-order valence-corrected chi connectivity index (χ1v) is 7.10. The Balaban J connectivity index is 1.99. The molecule has 1 aliphatic rings. The van der Waals surface area contributed by atoms with Crippen LogP contribution in [0, 0.1) is 23.0 Å². The van der Waals surface area contributed by atoms with E-state index in [1.54, 1.807) is 0 Å². The number of hydrogen-bond acceptors (Lipinski definition) is 3. The van der Waals surface area contributed by atoms with Gasteiger partial charge in [0.05, 0.1) is 12.2 Å². The second kappa shape index (κ2) is 7.28. The van der Waals surface area contributed by atoms with E-state index in [1.807, 2.05) is 6.07 Å². The van der Waals surface area contributed by atoms with E-state index in [2.05, 4.69) is 0 Å². The van der Waals surface area contributed by atoms with Crippen LogP contribution >= 0.6 is 0 Å². The number of carbonyl (C=O) groups excluding carboxylic acids is 1. The van der Waals surface area contributed by atoms with Crippen molar-refractivity contribution in [2.45, 2.75) is 44.1 Å². The molecule has 2 rings (SSSR count). The van der Waals surface area contributed by atoms with Crippen molar-refractivity contribution in [1.82, 2.24) is 0 Å². The van der Waals surface area contributed by atoms with Gasteiger partial charge in [0, 0.05) is 24.7 Å².